The minimum Gasteiger partial charge on any atom is -0.355 e. The number of nitrogens with zero attached hydrogens (tertiary/aromatic N) is 1. The molecular formula is C15H23N3O. The molecular weight excluding hydrogens is 238 g/mol. The molecule has 1 fully saturated rings. The molecule has 0 radical (unpaired) electrons. The Hall–Kier alpha value is -1.42. The van der Waals surface area contributed by atoms with Crippen LogP contribution in [0.5, 0.6) is 0 Å². The molecule has 1 aliphatic rings. The van der Waals surface area contributed by atoms with E-state index in [1.165, 1.54) is 0 Å². The number of amides is 1. The van der Waals surface area contributed by atoms with Crippen LogP contribution in [-0.4, -0.2) is 30.5 Å². The summed E-state index contributed by atoms with van der Waals surface area (Å²) in [4.78, 5) is 16.6. The maximum absolute atomic E-state index is 12.4. The van der Waals surface area contributed by atoms with Gasteiger partial charge < -0.3 is 10.6 Å². The number of carbonyl (C=O) groups excluding carboxylic acids is 1. The van der Waals surface area contributed by atoms with Crippen molar-refractivity contribution < 1.29 is 4.79 Å². The number of rotatable bonds is 6. The topological polar surface area (TPSA) is 54.0 Å². The van der Waals surface area contributed by atoms with Crippen molar-refractivity contribution in [3.05, 3.63) is 30.1 Å². The summed E-state index contributed by atoms with van der Waals surface area (Å²) in [7, 11) is 0. The van der Waals surface area contributed by atoms with E-state index >= 15 is 0 Å². The van der Waals surface area contributed by atoms with E-state index < -0.39 is 0 Å². The molecule has 0 saturated carbocycles. The summed E-state index contributed by atoms with van der Waals surface area (Å²) < 4.78 is 0. The Morgan fingerprint density at radius 3 is 3.05 bits per heavy atom. The van der Waals surface area contributed by atoms with Crippen LogP contribution in [0.15, 0.2) is 24.4 Å². The number of carbonyl (C=O) groups is 1. The van der Waals surface area contributed by atoms with E-state index in [2.05, 4.69) is 22.5 Å². The molecule has 19 heavy (non-hydrogen) atoms. The SMILES string of the molecule is CCCC1(C(=O)NCCc2ccccn2)CCNC1. The average Bonchev–Trinajstić information content (AvgIpc) is 2.90. The zero-order chi connectivity index (χ0) is 13.6. The van der Waals surface area contributed by atoms with Crippen LogP contribution in [0.2, 0.25) is 0 Å². The zero-order valence-corrected chi connectivity index (χ0v) is 11.6. The minimum absolute atomic E-state index is 0.182. The molecule has 0 aliphatic carbocycles. The third kappa shape index (κ3) is 3.53. The molecule has 1 aromatic heterocycles. The van der Waals surface area contributed by atoms with E-state index in [0.29, 0.717) is 6.54 Å². The van der Waals surface area contributed by atoms with Crippen LogP contribution in [0.1, 0.15) is 31.9 Å². The van der Waals surface area contributed by atoms with Gasteiger partial charge in [-0.25, -0.2) is 0 Å². The summed E-state index contributed by atoms with van der Waals surface area (Å²) >= 11 is 0. The van der Waals surface area contributed by atoms with Crippen LogP contribution in [-0.2, 0) is 11.2 Å². The van der Waals surface area contributed by atoms with Crippen molar-refractivity contribution in [2.75, 3.05) is 19.6 Å². The molecule has 1 saturated heterocycles. The monoisotopic (exact) mass is 261 g/mol. The number of hydrogen-bond acceptors (Lipinski definition) is 3. The largest absolute Gasteiger partial charge is 0.355 e. The number of aromatic nitrogens is 1. The van der Waals surface area contributed by atoms with Gasteiger partial charge in [0.2, 0.25) is 5.91 Å². The van der Waals surface area contributed by atoms with Gasteiger partial charge in [0.05, 0.1) is 5.41 Å². The van der Waals surface area contributed by atoms with Crippen LogP contribution in [0.25, 0.3) is 0 Å². The quantitative estimate of drug-likeness (QED) is 0.816. The summed E-state index contributed by atoms with van der Waals surface area (Å²) in [6.07, 6.45) is 5.56. The summed E-state index contributed by atoms with van der Waals surface area (Å²) in [5.41, 5.74) is 0.843. The molecule has 4 heteroatoms. The predicted octanol–water partition coefficient (Wildman–Crippen LogP) is 1.52. The molecule has 1 atom stereocenters. The number of hydrogen-bond donors (Lipinski definition) is 2. The van der Waals surface area contributed by atoms with Crippen molar-refractivity contribution >= 4 is 5.91 Å². The molecule has 104 valence electrons. The Bertz CT molecular complexity index is 399. The molecule has 1 unspecified atom stereocenters. The molecule has 2 N–H and O–H groups in total. The molecule has 1 aromatic rings. The van der Waals surface area contributed by atoms with Crippen LogP contribution in [0.4, 0.5) is 0 Å². The fourth-order valence-electron chi connectivity index (χ4n) is 2.78. The molecule has 2 heterocycles. The van der Waals surface area contributed by atoms with Crippen LogP contribution in [0.3, 0.4) is 0 Å². The Balaban J connectivity index is 1.83. The molecule has 4 nitrogen and oxygen atoms in total. The van der Waals surface area contributed by atoms with Gasteiger partial charge in [-0.05, 0) is 31.5 Å². The van der Waals surface area contributed by atoms with Crippen molar-refractivity contribution in [2.24, 2.45) is 5.41 Å². The second-order valence-electron chi connectivity index (χ2n) is 5.28. The van der Waals surface area contributed by atoms with Crippen molar-refractivity contribution in [2.45, 2.75) is 32.6 Å². The van der Waals surface area contributed by atoms with Gasteiger partial charge >= 0.3 is 0 Å². The molecule has 0 spiro atoms. The highest BCUT2D eigenvalue weighted by atomic mass is 16.2. The van der Waals surface area contributed by atoms with E-state index in [9.17, 15) is 4.79 Å². The van der Waals surface area contributed by atoms with Crippen molar-refractivity contribution in [3.8, 4) is 0 Å². The van der Waals surface area contributed by atoms with E-state index in [0.717, 1.165) is 44.5 Å². The molecule has 1 aliphatic heterocycles. The first kappa shape index (κ1) is 14.0. The Labute approximate surface area is 115 Å². The summed E-state index contributed by atoms with van der Waals surface area (Å²) in [6.45, 7) is 4.58. The lowest BCUT2D eigenvalue weighted by Gasteiger charge is -2.26. The van der Waals surface area contributed by atoms with E-state index in [1.54, 1.807) is 6.20 Å². The van der Waals surface area contributed by atoms with Gasteiger partial charge in [0.1, 0.15) is 0 Å². The maximum Gasteiger partial charge on any atom is 0.227 e. The fourth-order valence-corrected chi connectivity index (χ4v) is 2.78. The second-order valence-corrected chi connectivity index (χ2v) is 5.28. The lowest BCUT2D eigenvalue weighted by atomic mass is 9.81. The van der Waals surface area contributed by atoms with Crippen LogP contribution in [0, 0.1) is 5.41 Å². The second kappa shape index (κ2) is 6.66. The van der Waals surface area contributed by atoms with Gasteiger partial charge in [0.15, 0.2) is 0 Å². The molecule has 0 aromatic carbocycles. The first-order chi connectivity index (χ1) is 9.27. The average molecular weight is 261 g/mol. The first-order valence-corrected chi connectivity index (χ1v) is 7.16. The molecule has 2 rings (SSSR count). The third-order valence-corrected chi connectivity index (χ3v) is 3.85. The lowest BCUT2D eigenvalue weighted by molar-refractivity contribution is -0.130. The lowest BCUT2D eigenvalue weighted by Crippen LogP contribution is -2.43. The van der Waals surface area contributed by atoms with E-state index in [1.807, 2.05) is 18.2 Å². The predicted molar refractivity (Wildman–Crippen MR) is 75.8 cm³/mol. The Morgan fingerprint density at radius 2 is 2.42 bits per heavy atom. The van der Waals surface area contributed by atoms with Gasteiger partial charge in [-0.2, -0.15) is 0 Å². The normalized spacial score (nSPS) is 22.4. The minimum atomic E-state index is -0.182. The van der Waals surface area contributed by atoms with Crippen LogP contribution >= 0.6 is 0 Å². The number of nitrogens with one attached hydrogen (secondary N) is 2. The van der Waals surface area contributed by atoms with Gasteiger partial charge in [-0.15, -0.1) is 0 Å². The third-order valence-electron chi connectivity index (χ3n) is 3.85. The first-order valence-electron chi connectivity index (χ1n) is 7.16. The Morgan fingerprint density at radius 1 is 1.53 bits per heavy atom. The highest BCUT2D eigenvalue weighted by Gasteiger charge is 2.39. The van der Waals surface area contributed by atoms with Gasteiger partial charge in [0.25, 0.3) is 0 Å². The Kier molecular flexibility index (Phi) is 4.91. The summed E-state index contributed by atoms with van der Waals surface area (Å²) in [5.74, 6) is 0.204. The van der Waals surface area contributed by atoms with Gasteiger partial charge in [0, 0.05) is 31.4 Å². The molecule has 1 amide bonds. The van der Waals surface area contributed by atoms with E-state index in [-0.39, 0.29) is 11.3 Å². The van der Waals surface area contributed by atoms with Crippen molar-refractivity contribution in [1.82, 2.24) is 15.6 Å². The summed E-state index contributed by atoms with van der Waals surface area (Å²) in [5, 5.41) is 6.39. The maximum atomic E-state index is 12.4. The van der Waals surface area contributed by atoms with Crippen molar-refractivity contribution in [3.63, 3.8) is 0 Å². The van der Waals surface area contributed by atoms with Gasteiger partial charge in [-0.1, -0.05) is 19.4 Å². The standard InChI is InChI=1S/C15H23N3O/c1-2-7-15(8-11-16-12-15)14(19)18-10-6-13-5-3-4-9-17-13/h3-5,9,16H,2,6-8,10-12H2,1H3,(H,18,19). The summed E-state index contributed by atoms with van der Waals surface area (Å²) in [6, 6.07) is 5.87. The smallest absolute Gasteiger partial charge is 0.227 e. The van der Waals surface area contributed by atoms with Gasteiger partial charge in [-0.3, -0.25) is 9.78 Å². The molecule has 0 bridgehead atoms. The fraction of sp³-hybridized carbons (Fsp3) is 0.600. The van der Waals surface area contributed by atoms with Crippen molar-refractivity contribution in [1.29, 1.82) is 0 Å². The zero-order valence-electron chi connectivity index (χ0n) is 11.6. The van der Waals surface area contributed by atoms with Crippen LogP contribution < -0.4 is 10.6 Å². The highest BCUT2D eigenvalue weighted by molar-refractivity contribution is 5.83. The number of pyridine rings is 1. The van der Waals surface area contributed by atoms with E-state index in [4.69, 9.17) is 0 Å². The highest BCUT2D eigenvalue weighted by Crippen LogP contribution is 2.31.